The van der Waals surface area contributed by atoms with Crippen molar-refractivity contribution < 1.29 is 8.42 Å². The van der Waals surface area contributed by atoms with Gasteiger partial charge in [0.1, 0.15) is 0 Å². The zero-order chi connectivity index (χ0) is 16.6. The number of para-hydroxylation sites is 1. The van der Waals surface area contributed by atoms with Crippen LogP contribution in [0.4, 0.5) is 5.69 Å². The number of rotatable bonds is 3. The van der Waals surface area contributed by atoms with Crippen molar-refractivity contribution >= 4 is 15.7 Å². The van der Waals surface area contributed by atoms with Gasteiger partial charge >= 0.3 is 0 Å². The molecule has 0 saturated carbocycles. The molecule has 8 nitrogen and oxygen atoms in total. The van der Waals surface area contributed by atoms with Crippen LogP contribution in [-0.2, 0) is 23.6 Å². The van der Waals surface area contributed by atoms with Gasteiger partial charge in [-0.2, -0.15) is 0 Å². The van der Waals surface area contributed by atoms with Crippen molar-refractivity contribution in [3.63, 3.8) is 0 Å². The molecule has 0 N–H and O–H groups in total. The smallest absolute Gasteiger partial charge is 0.232 e. The Bertz CT molecular complexity index is 803. The number of tetrazole rings is 1. The normalized spacial score (nSPS) is 17.6. The van der Waals surface area contributed by atoms with E-state index >= 15 is 0 Å². The molecule has 2 heterocycles. The monoisotopic (exact) mass is 336 g/mol. The Hall–Kier alpha value is -2.00. The molecular weight excluding hydrogens is 316 g/mol. The van der Waals surface area contributed by atoms with Gasteiger partial charge in [-0.3, -0.25) is 9.21 Å². The Balaban J connectivity index is 1.96. The highest BCUT2D eigenvalue weighted by atomic mass is 32.2. The summed E-state index contributed by atoms with van der Waals surface area (Å²) < 4.78 is 27.4. The lowest BCUT2D eigenvalue weighted by Crippen LogP contribution is -2.36. The number of aromatic nitrogens is 4. The average Bonchev–Trinajstić information content (AvgIpc) is 2.81. The summed E-state index contributed by atoms with van der Waals surface area (Å²) >= 11 is 0. The summed E-state index contributed by atoms with van der Waals surface area (Å²) in [5, 5.41) is 11.6. The molecule has 124 valence electrons. The van der Waals surface area contributed by atoms with Crippen molar-refractivity contribution in [2.75, 3.05) is 23.7 Å². The van der Waals surface area contributed by atoms with Crippen LogP contribution in [0.5, 0.6) is 0 Å². The van der Waals surface area contributed by atoms with Crippen LogP contribution in [0.2, 0.25) is 0 Å². The fraction of sp³-hybridized carbons (Fsp3) is 0.500. The van der Waals surface area contributed by atoms with Crippen molar-refractivity contribution in [2.24, 2.45) is 7.05 Å². The Kier molecular flexibility index (Phi) is 4.07. The number of fused-ring (bicyclic) bond motifs is 1. The second-order valence-electron chi connectivity index (χ2n) is 5.77. The molecule has 0 spiro atoms. The molecule has 23 heavy (non-hydrogen) atoms. The van der Waals surface area contributed by atoms with E-state index < -0.39 is 10.0 Å². The van der Waals surface area contributed by atoms with Crippen LogP contribution in [0, 0.1) is 0 Å². The summed E-state index contributed by atoms with van der Waals surface area (Å²) in [5.41, 5.74) is 1.73. The SMILES string of the molecule is CC(c1nnnn1C)N1CCN(S(C)(=O)=O)c2ccccc2C1. The highest BCUT2D eigenvalue weighted by molar-refractivity contribution is 7.92. The number of nitrogens with zero attached hydrogens (tertiary/aromatic N) is 6. The van der Waals surface area contributed by atoms with E-state index in [0.29, 0.717) is 19.6 Å². The maximum atomic E-state index is 12.1. The second-order valence-corrected chi connectivity index (χ2v) is 7.68. The summed E-state index contributed by atoms with van der Waals surface area (Å²) in [4.78, 5) is 2.19. The molecule has 0 bridgehead atoms. The molecule has 1 unspecified atom stereocenters. The Morgan fingerprint density at radius 3 is 2.61 bits per heavy atom. The topological polar surface area (TPSA) is 84.2 Å². The molecular formula is C14H20N6O2S. The van der Waals surface area contributed by atoms with E-state index in [2.05, 4.69) is 20.4 Å². The summed E-state index contributed by atoms with van der Waals surface area (Å²) in [6.45, 7) is 3.70. The lowest BCUT2D eigenvalue weighted by Gasteiger charge is -2.26. The third-order valence-electron chi connectivity index (χ3n) is 4.20. The summed E-state index contributed by atoms with van der Waals surface area (Å²) in [6.07, 6.45) is 1.25. The molecule has 0 aliphatic carbocycles. The zero-order valence-corrected chi connectivity index (χ0v) is 14.2. The Labute approximate surface area is 135 Å². The number of sulfonamides is 1. The number of hydrogen-bond donors (Lipinski definition) is 0. The van der Waals surface area contributed by atoms with Crippen LogP contribution in [0.15, 0.2) is 24.3 Å². The molecule has 0 amide bonds. The van der Waals surface area contributed by atoms with Crippen molar-refractivity contribution in [1.82, 2.24) is 25.1 Å². The summed E-state index contributed by atoms with van der Waals surface area (Å²) in [6, 6.07) is 7.60. The molecule has 2 aromatic rings. The lowest BCUT2D eigenvalue weighted by molar-refractivity contribution is 0.200. The minimum absolute atomic E-state index is 0.0115. The molecule has 3 rings (SSSR count). The molecule has 0 saturated heterocycles. The maximum absolute atomic E-state index is 12.1. The molecule has 1 aromatic heterocycles. The van der Waals surface area contributed by atoms with Crippen molar-refractivity contribution in [3.05, 3.63) is 35.7 Å². The van der Waals surface area contributed by atoms with Gasteiger partial charge in [-0.05, 0) is 29.0 Å². The van der Waals surface area contributed by atoms with E-state index in [1.165, 1.54) is 10.6 Å². The Morgan fingerprint density at radius 2 is 1.96 bits per heavy atom. The van der Waals surface area contributed by atoms with Gasteiger partial charge < -0.3 is 0 Å². The van der Waals surface area contributed by atoms with Gasteiger partial charge in [-0.25, -0.2) is 13.1 Å². The number of benzene rings is 1. The third-order valence-corrected chi connectivity index (χ3v) is 5.38. The largest absolute Gasteiger partial charge is 0.287 e. The van der Waals surface area contributed by atoms with Crippen molar-refractivity contribution in [1.29, 1.82) is 0 Å². The van der Waals surface area contributed by atoms with Crippen LogP contribution >= 0.6 is 0 Å². The van der Waals surface area contributed by atoms with E-state index in [1.54, 1.807) is 11.7 Å². The minimum atomic E-state index is -3.31. The molecule has 0 fully saturated rings. The average molecular weight is 336 g/mol. The van der Waals surface area contributed by atoms with Gasteiger partial charge in [0.05, 0.1) is 18.0 Å². The van der Waals surface area contributed by atoms with Crippen LogP contribution in [0.1, 0.15) is 24.4 Å². The fourth-order valence-corrected chi connectivity index (χ4v) is 3.90. The van der Waals surface area contributed by atoms with E-state index in [4.69, 9.17) is 0 Å². The molecule has 1 aromatic carbocycles. The summed E-state index contributed by atoms with van der Waals surface area (Å²) in [5.74, 6) is 0.760. The van der Waals surface area contributed by atoms with Gasteiger partial charge in [0.15, 0.2) is 5.82 Å². The van der Waals surface area contributed by atoms with E-state index in [-0.39, 0.29) is 6.04 Å². The maximum Gasteiger partial charge on any atom is 0.232 e. The van der Waals surface area contributed by atoms with Crippen molar-refractivity contribution in [2.45, 2.75) is 19.5 Å². The first-order chi connectivity index (χ1) is 10.9. The number of hydrogen-bond acceptors (Lipinski definition) is 6. The molecule has 9 heteroatoms. The predicted octanol–water partition coefficient (Wildman–Crippen LogP) is 0.553. The highest BCUT2D eigenvalue weighted by Crippen LogP contribution is 2.30. The lowest BCUT2D eigenvalue weighted by atomic mass is 10.1. The quantitative estimate of drug-likeness (QED) is 0.814. The molecule has 1 aliphatic heterocycles. The van der Waals surface area contributed by atoms with Crippen LogP contribution in [0.3, 0.4) is 0 Å². The van der Waals surface area contributed by atoms with E-state index in [1.807, 2.05) is 31.2 Å². The number of anilines is 1. The van der Waals surface area contributed by atoms with E-state index in [0.717, 1.165) is 17.1 Å². The predicted molar refractivity (Wildman–Crippen MR) is 86.3 cm³/mol. The first-order valence-electron chi connectivity index (χ1n) is 7.40. The first kappa shape index (κ1) is 15.9. The third kappa shape index (κ3) is 3.06. The van der Waals surface area contributed by atoms with Crippen LogP contribution < -0.4 is 4.31 Å². The standard InChI is InChI=1S/C14H20N6O2S/c1-11(14-15-16-17-18(14)2)19-8-9-20(23(3,21)22)13-7-5-4-6-12(13)10-19/h4-7,11H,8-10H2,1-3H3. The van der Waals surface area contributed by atoms with Gasteiger partial charge in [-0.1, -0.05) is 18.2 Å². The van der Waals surface area contributed by atoms with E-state index in [9.17, 15) is 8.42 Å². The first-order valence-corrected chi connectivity index (χ1v) is 9.24. The minimum Gasteiger partial charge on any atom is -0.287 e. The van der Waals surface area contributed by atoms with Crippen LogP contribution in [0.25, 0.3) is 0 Å². The van der Waals surface area contributed by atoms with Crippen LogP contribution in [-0.4, -0.2) is 52.9 Å². The molecule has 0 radical (unpaired) electrons. The summed E-state index contributed by atoms with van der Waals surface area (Å²) in [7, 11) is -1.51. The zero-order valence-electron chi connectivity index (χ0n) is 13.4. The fourth-order valence-electron chi connectivity index (χ4n) is 2.95. The molecule has 1 aliphatic rings. The molecule has 1 atom stereocenters. The second kappa shape index (κ2) is 5.89. The highest BCUT2D eigenvalue weighted by Gasteiger charge is 2.29. The number of aryl methyl sites for hydroxylation is 1. The van der Waals surface area contributed by atoms with Crippen molar-refractivity contribution in [3.8, 4) is 0 Å². The van der Waals surface area contributed by atoms with Gasteiger partial charge in [0.25, 0.3) is 0 Å². The van der Waals surface area contributed by atoms with Gasteiger partial charge in [0, 0.05) is 26.7 Å². The Morgan fingerprint density at radius 1 is 1.22 bits per heavy atom. The van der Waals surface area contributed by atoms with Gasteiger partial charge in [-0.15, -0.1) is 5.10 Å². The van der Waals surface area contributed by atoms with Gasteiger partial charge in [0.2, 0.25) is 10.0 Å².